The van der Waals surface area contributed by atoms with E-state index in [1.807, 2.05) is 0 Å². The van der Waals surface area contributed by atoms with E-state index in [9.17, 15) is 5.11 Å². The summed E-state index contributed by atoms with van der Waals surface area (Å²) < 4.78 is 0. The number of guanidine groups is 2. The molecule has 1 aromatic rings. The zero-order valence-electron chi connectivity index (χ0n) is 12.5. The molecule has 0 unspecified atom stereocenters. The summed E-state index contributed by atoms with van der Waals surface area (Å²) in [4.78, 5) is 10.5. The van der Waals surface area contributed by atoms with Gasteiger partial charge in [0.15, 0.2) is 0 Å². The van der Waals surface area contributed by atoms with Gasteiger partial charge in [-0.05, 0) is 50.3 Å². The topological polar surface area (TPSA) is 100 Å². The van der Waals surface area contributed by atoms with Crippen LogP contribution in [-0.2, 0) is 0 Å². The fourth-order valence-corrected chi connectivity index (χ4v) is 3.63. The average Bonchev–Trinajstić information content (AvgIpc) is 2.44. The highest BCUT2D eigenvalue weighted by Gasteiger charge is 2.43. The van der Waals surface area contributed by atoms with Crippen LogP contribution in [0.5, 0.6) is 5.75 Å². The summed E-state index contributed by atoms with van der Waals surface area (Å²) in [7, 11) is 0. The van der Waals surface area contributed by atoms with E-state index in [4.69, 9.17) is 23.1 Å². The molecule has 1 saturated carbocycles. The lowest BCUT2D eigenvalue weighted by atomic mass is 9.87. The maximum atomic E-state index is 10.5. The van der Waals surface area contributed by atoms with Gasteiger partial charge >= 0.3 is 0 Å². The third-order valence-electron chi connectivity index (χ3n) is 4.34. The third-order valence-corrected chi connectivity index (χ3v) is 4.56. The Balaban J connectivity index is 2.16. The van der Waals surface area contributed by atoms with Crippen molar-refractivity contribution in [1.29, 1.82) is 0 Å². The van der Waals surface area contributed by atoms with E-state index >= 15 is 0 Å². The normalized spacial score (nSPS) is 20.7. The van der Waals surface area contributed by atoms with Gasteiger partial charge in [-0.15, -0.1) is 0 Å². The van der Waals surface area contributed by atoms with Crippen molar-refractivity contribution >= 4 is 29.2 Å². The van der Waals surface area contributed by atoms with E-state index in [0.29, 0.717) is 16.3 Å². The highest BCUT2D eigenvalue weighted by Crippen LogP contribution is 2.44. The average molecular weight is 322 g/mol. The van der Waals surface area contributed by atoms with Crippen molar-refractivity contribution in [2.24, 2.45) is 21.5 Å². The molecular weight excluding hydrogens is 302 g/mol. The number of halogens is 1. The van der Waals surface area contributed by atoms with E-state index in [2.05, 4.69) is 9.98 Å². The van der Waals surface area contributed by atoms with Gasteiger partial charge in [0.25, 0.3) is 0 Å². The van der Waals surface area contributed by atoms with Gasteiger partial charge in [0.05, 0.1) is 5.69 Å². The molecule has 1 aliphatic heterocycles. The van der Waals surface area contributed by atoms with Gasteiger partial charge in [-0.2, -0.15) is 4.99 Å². The second kappa shape index (κ2) is 5.35. The molecule has 3 rings (SSSR count). The smallest absolute Gasteiger partial charge is 0.220 e. The lowest BCUT2D eigenvalue weighted by Crippen LogP contribution is -2.58. The monoisotopic (exact) mass is 321 g/mol. The van der Waals surface area contributed by atoms with Crippen molar-refractivity contribution in [3.8, 4) is 5.75 Å². The summed E-state index contributed by atoms with van der Waals surface area (Å²) in [6, 6.07) is 3.41. The van der Waals surface area contributed by atoms with Gasteiger partial charge in [0.1, 0.15) is 11.4 Å². The van der Waals surface area contributed by atoms with Crippen LogP contribution in [0.1, 0.15) is 37.7 Å². The largest absolute Gasteiger partial charge is 0.505 e. The lowest BCUT2D eigenvalue weighted by molar-refractivity contribution is 0.303. The molecule has 0 aromatic heterocycles. The summed E-state index contributed by atoms with van der Waals surface area (Å²) in [5.74, 6) is 0.573. The summed E-state index contributed by atoms with van der Waals surface area (Å²) in [5, 5.41) is 11.0. The van der Waals surface area contributed by atoms with Crippen molar-refractivity contribution in [3.05, 3.63) is 22.7 Å². The molecule has 1 aliphatic carbocycles. The fourth-order valence-electron chi connectivity index (χ4n) is 3.36. The molecule has 22 heavy (non-hydrogen) atoms. The number of anilines is 1. The summed E-state index contributed by atoms with van der Waals surface area (Å²) in [6.07, 6.45) is 4.84. The van der Waals surface area contributed by atoms with Crippen LogP contribution in [0.15, 0.2) is 22.1 Å². The van der Waals surface area contributed by atoms with Crippen LogP contribution < -0.4 is 16.4 Å². The Labute approximate surface area is 134 Å². The molecule has 0 bridgehead atoms. The number of aryl methyl sites for hydroxylation is 1. The number of phenolic OH excluding ortho intramolecular Hbond substituents is 1. The summed E-state index contributed by atoms with van der Waals surface area (Å²) in [5.41, 5.74) is 12.6. The SMILES string of the molecule is Cc1cc(Cl)cc(N2C(N)=NC(N)=NC23CCCCC3)c1O. The number of nitrogens with zero attached hydrogens (tertiary/aromatic N) is 3. The van der Waals surface area contributed by atoms with E-state index in [1.165, 1.54) is 0 Å². The molecule has 1 heterocycles. The highest BCUT2D eigenvalue weighted by molar-refractivity contribution is 6.31. The molecule has 0 amide bonds. The third kappa shape index (κ3) is 2.37. The molecule has 2 aliphatic rings. The number of rotatable bonds is 1. The first kappa shape index (κ1) is 15.0. The van der Waals surface area contributed by atoms with Crippen LogP contribution in [0.4, 0.5) is 5.69 Å². The number of nitrogens with two attached hydrogens (primary N) is 2. The predicted octanol–water partition coefficient (Wildman–Crippen LogP) is 2.46. The molecule has 1 aromatic carbocycles. The Kier molecular flexibility index (Phi) is 3.64. The maximum absolute atomic E-state index is 10.5. The summed E-state index contributed by atoms with van der Waals surface area (Å²) >= 11 is 6.17. The van der Waals surface area contributed by atoms with Gasteiger partial charge in [-0.3, -0.25) is 4.90 Å². The molecule has 0 saturated heterocycles. The quantitative estimate of drug-likeness (QED) is 0.739. The number of phenols is 1. The molecule has 0 radical (unpaired) electrons. The Bertz CT molecular complexity index is 664. The first-order valence-corrected chi connectivity index (χ1v) is 7.79. The molecule has 1 fully saturated rings. The summed E-state index contributed by atoms with van der Waals surface area (Å²) in [6.45, 7) is 1.80. The predicted molar refractivity (Wildman–Crippen MR) is 89.4 cm³/mol. The molecule has 6 nitrogen and oxygen atoms in total. The van der Waals surface area contributed by atoms with Gasteiger partial charge < -0.3 is 16.6 Å². The van der Waals surface area contributed by atoms with Gasteiger partial charge in [-0.1, -0.05) is 18.0 Å². The molecular formula is C15H20ClN5O. The number of benzene rings is 1. The number of aliphatic imine (C=N–C) groups is 2. The minimum absolute atomic E-state index is 0.142. The number of hydrogen-bond donors (Lipinski definition) is 3. The van der Waals surface area contributed by atoms with E-state index in [1.54, 1.807) is 24.0 Å². The molecule has 118 valence electrons. The van der Waals surface area contributed by atoms with E-state index in [0.717, 1.165) is 32.1 Å². The Hall–Kier alpha value is -1.95. The second-order valence-corrected chi connectivity index (χ2v) is 6.35. The van der Waals surface area contributed by atoms with Gasteiger partial charge in [-0.25, -0.2) is 4.99 Å². The van der Waals surface area contributed by atoms with Crippen LogP contribution >= 0.6 is 11.6 Å². The number of hydrogen-bond acceptors (Lipinski definition) is 6. The van der Waals surface area contributed by atoms with Gasteiger partial charge in [0, 0.05) is 5.02 Å². The molecule has 5 N–H and O–H groups in total. The Morgan fingerprint density at radius 1 is 1.23 bits per heavy atom. The van der Waals surface area contributed by atoms with Crippen molar-refractivity contribution in [2.75, 3.05) is 4.90 Å². The Morgan fingerprint density at radius 2 is 1.91 bits per heavy atom. The Morgan fingerprint density at radius 3 is 2.59 bits per heavy atom. The minimum Gasteiger partial charge on any atom is -0.505 e. The lowest BCUT2D eigenvalue weighted by Gasteiger charge is -2.45. The van der Waals surface area contributed by atoms with Crippen molar-refractivity contribution in [1.82, 2.24) is 0 Å². The first-order valence-electron chi connectivity index (χ1n) is 7.42. The fraction of sp³-hybridized carbons (Fsp3) is 0.467. The van der Waals surface area contributed by atoms with Crippen LogP contribution in [0.2, 0.25) is 5.02 Å². The maximum Gasteiger partial charge on any atom is 0.220 e. The molecule has 0 atom stereocenters. The molecule has 7 heteroatoms. The first-order chi connectivity index (χ1) is 10.4. The van der Waals surface area contributed by atoms with E-state index in [-0.39, 0.29) is 17.7 Å². The minimum atomic E-state index is -0.581. The second-order valence-electron chi connectivity index (χ2n) is 5.91. The molecule has 1 spiro atoms. The standard InChI is InChI=1S/C15H20ClN5O/c1-9-7-10(16)8-11(12(9)22)21-14(18)19-13(17)20-15(21)5-3-2-4-6-15/h7-8,22H,2-6H2,1H3,(H4,17,18,19,20). The van der Waals surface area contributed by atoms with Crippen molar-refractivity contribution in [3.63, 3.8) is 0 Å². The van der Waals surface area contributed by atoms with E-state index < -0.39 is 5.66 Å². The van der Waals surface area contributed by atoms with Gasteiger partial charge in [0.2, 0.25) is 11.9 Å². The zero-order chi connectivity index (χ0) is 15.9. The number of aromatic hydroxyl groups is 1. The van der Waals surface area contributed by atoms with Crippen LogP contribution in [0, 0.1) is 6.92 Å². The zero-order valence-corrected chi connectivity index (χ0v) is 13.3. The highest BCUT2D eigenvalue weighted by atomic mass is 35.5. The van der Waals surface area contributed by atoms with Crippen LogP contribution in [0.25, 0.3) is 0 Å². The van der Waals surface area contributed by atoms with Crippen molar-refractivity contribution in [2.45, 2.75) is 44.7 Å². The van der Waals surface area contributed by atoms with Crippen LogP contribution in [0.3, 0.4) is 0 Å². The van der Waals surface area contributed by atoms with Crippen molar-refractivity contribution < 1.29 is 5.11 Å². The van der Waals surface area contributed by atoms with Crippen LogP contribution in [-0.4, -0.2) is 22.7 Å².